The van der Waals surface area contributed by atoms with Crippen molar-refractivity contribution in [3.05, 3.63) is 18.0 Å². The zero-order chi connectivity index (χ0) is 9.26. The van der Waals surface area contributed by atoms with E-state index in [4.69, 9.17) is 9.57 Å². The molecule has 5 nitrogen and oxygen atoms in total. The number of rotatable bonds is 1. The van der Waals surface area contributed by atoms with E-state index in [1.165, 1.54) is 0 Å². The van der Waals surface area contributed by atoms with Gasteiger partial charge in [-0.05, 0) is 12.1 Å². The molecule has 1 aromatic rings. The number of hydrogen-bond acceptors (Lipinski definition) is 4. The van der Waals surface area contributed by atoms with Crippen LogP contribution < -0.4 is 0 Å². The van der Waals surface area contributed by atoms with Crippen molar-refractivity contribution < 1.29 is 9.57 Å². The van der Waals surface area contributed by atoms with Gasteiger partial charge in [0.1, 0.15) is 6.10 Å². The number of ether oxygens (including phenoxy) is 1. The van der Waals surface area contributed by atoms with Crippen LogP contribution >= 0.6 is 0 Å². The van der Waals surface area contributed by atoms with Crippen molar-refractivity contribution in [2.24, 2.45) is 12.2 Å². The topological polar surface area (TPSA) is 48.6 Å². The highest BCUT2D eigenvalue weighted by atomic mass is 16.7. The monoisotopic (exact) mass is 181 g/mol. The fourth-order valence-corrected chi connectivity index (χ4v) is 1.10. The summed E-state index contributed by atoms with van der Waals surface area (Å²) >= 11 is 0. The average molecular weight is 181 g/mol. The van der Waals surface area contributed by atoms with Crippen molar-refractivity contribution in [1.82, 2.24) is 9.78 Å². The van der Waals surface area contributed by atoms with Crippen molar-refractivity contribution >= 4 is 5.90 Å². The number of aromatic nitrogens is 2. The predicted octanol–water partition coefficient (Wildman–Crippen LogP) is 0.517. The fourth-order valence-electron chi connectivity index (χ4n) is 1.10. The lowest BCUT2D eigenvalue weighted by Gasteiger charge is -2.18. The summed E-state index contributed by atoms with van der Waals surface area (Å²) in [5, 5.41) is 7.82. The molecule has 0 aromatic carbocycles. The standard InChI is InChI=1S/C8H11N3O2/c1-6-5-12-10-8(13-6)7-3-9-11(2)4-7/h3-4,6H,5H2,1-2H3. The van der Waals surface area contributed by atoms with Gasteiger partial charge >= 0.3 is 0 Å². The summed E-state index contributed by atoms with van der Waals surface area (Å²) in [6, 6.07) is 0. The summed E-state index contributed by atoms with van der Waals surface area (Å²) < 4.78 is 7.15. The molecule has 13 heavy (non-hydrogen) atoms. The van der Waals surface area contributed by atoms with Crippen molar-refractivity contribution in [3.63, 3.8) is 0 Å². The number of hydrogen-bond donors (Lipinski definition) is 0. The SMILES string of the molecule is CC1CON=C(c2cnn(C)c2)O1. The highest BCUT2D eigenvalue weighted by Gasteiger charge is 2.17. The van der Waals surface area contributed by atoms with Gasteiger partial charge in [0, 0.05) is 13.2 Å². The third kappa shape index (κ3) is 1.63. The van der Waals surface area contributed by atoms with Gasteiger partial charge in [-0.15, -0.1) is 0 Å². The molecule has 0 N–H and O–H groups in total. The molecule has 0 aliphatic carbocycles. The zero-order valence-corrected chi connectivity index (χ0v) is 7.60. The second kappa shape index (κ2) is 3.08. The highest BCUT2D eigenvalue weighted by Crippen LogP contribution is 2.09. The van der Waals surface area contributed by atoms with E-state index in [-0.39, 0.29) is 6.10 Å². The van der Waals surface area contributed by atoms with E-state index in [1.54, 1.807) is 10.9 Å². The van der Waals surface area contributed by atoms with Gasteiger partial charge in [-0.1, -0.05) is 0 Å². The van der Waals surface area contributed by atoms with Gasteiger partial charge in [0.15, 0.2) is 6.61 Å². The minimum absolute atomic E-state index is 0.0488. The molecule has 0 spiro atoms. The Balaban J connectivity index is 2.21. The number of aryl methyl sites for hydroxylation is 1. The lowest BCUT2D eigenvalue weighted by atomic mass is 10.3. The molecule has 1 unspecified atom stereocenters. The van der Waals surface area contributed by atoms with Crippen LogP contribution in [0.25, 0.3) is 0 Å². The summed E-state index contributed by atoms with van der Waals surface area (Å²) in [5.74, 6) is 0.506. The first-order valence-electron chi connectivity index (χ1n) is 4.11. The van der Waals surface area contributed by atoms with Crippen molar-refractivity contribution in [2.75, 3.05) is 6.61 Å². The molecule has 1 aliphatic rings. The lowest BCUT2D eigenvalue weighted by Crippen LogP contribution is -2.25. The fraction of sp³-hybridized carbons (Fsp3) is 0.500. The summed E-state index contributed by atoms with van der Waals surface area (Å²) in [4.78, 5) is 4.98. The van der Waals surface area contributed by atoms with Crippen LogP contribution in [0.4, 0.5) is 0 Å². The van der Waals surface area contributed by atoms with Crippen LogP contribution in [0.2, 0.25) is 0 Å². The Kier molecular flexibility index (Phi) is 1.92. The Morgan fingerprint density at radius 2 is 2.46 bits per heavy atom. The number of oxime groups is 1. The zero-order valence-electron chi connectivity index (χ0n) is 7.60. The minimum Gasteiger partial charge on any atom is -0.468 e. The maximum Gasteiger partial charge on any atom is 0.261 e. The van der Waals surface area contributed by atoms with Crippen molar-refractivity contribution in [1.29, 1.82) is 0 Å². The molecular weight excluding hydrogens is 170 g/mol. The molecule has 1 aromatic heterocycles. The molecule has 0 fully saturated rings. The van der Waals surface area contributed by atoms with E-state index < -0.39 is 0 Å². The second-order valence-corrected chi connectivity index (χ2v) is 3.02. The number of nitrogens with zero attached hydrogens (tertiary/aromatic N) is 3. The Morgan fingerprint density at radius 3 is 3.08 bits per heavy atom. The Hall–Kier alpha value is -1.52. The third-order valence-corrected chi connectivity index (χ3v) is 1.72. The molecule has 5 heteroatoms. The van der Waals surface area contributed by atoms with Gasteiger partial charge < -0.3 is 9.57 Å². The molecule has 0 saturated heterocycles. The van der Waals surface area contributed by atoms with E-state index in [1.807, 2.05) is 20.2 Å². The molecule has 0 saturated carbocycles. The van der Waals surface area contributed by atoms with Gasteiger partial charge in [-0.25, -0.2) is 0 Å². The van der Waals surface area contributed by atoms with Crippen LogP contribution in [0.15, 0.2) is 17.5 Å². The third-order valence-electron chi connectivity index (χ3n) is 1.72. The largest absolute Gasteiger partial charge is 0.468 e. The van der Waals surface area contributed by atoms with Crippen molar-refractivity contribution in [2.45, 2.75) is 13.0 Å². The van der Waals surface area contributed by atoms with E-state index in [0.717, 1.165) is 5.56 Å². The summed E-state index contributed by atoms with van der Waals surface area (Å²) in [7, 11) is 1.84. The predicted molar refractivity (Wildman–Crippen MR) is 46.2 cm³/mol. The van der Waals surface area contributed by atoms with Crippen LogP contribution in [0.3, 0.4) is 0 Å². The molecule has 1 aliphatic heterocycles. The van der Waals surface area contributed by atoms with E-state index >= 15 is 0 Å². The van der Waals surface area contributed by atoms with Gasteiger partial charge in [0.2, 0.25) is 0 Å². The van der Waals surface area contributed by atoms with Crippen LogP contribution in [-0.4, -0.2) is 28.4 Å². The molecular formula is C8H11N3O2. The first-order chi connectivity index (χ1) is 6.25. The first kappa shape index (κ1) is 8.10. The molecule has 0 amide bonds. The Bertz CT molecular complexity index is 332. The highest BCUT2D eigenvalue weighted by molar-refractivity contribution is 5.93. The summed E-state index contributed by atoms with van der Waals surface area (Å²) in [6.07, 6.45) is 3.58. The van der Waals surface area contributed by atoms with Crippen LogP contribution in [-0.2, 0) is 16.6 Å². The van der Waals surface area contributed by atoms with E-state index in [0.29, 0.717) is 12.5 Å². The summed E-state index contributed by atoms with van der Waals surface area (Å²) in [5.41, 5.74) is 0.842. The lowest BCUT2D eigenvalue weighted by molar-refractivity contribution is 0.0196. The van der Waals surface area contributed by atoms with Crippen LogP contribution in [0, 0.1) is 0 Å². The van der Waals surface area contributed by atoms with Crippen molar-refractivity contribution in [3.8, 4) is 0 Å². The Labute approximate surface area is 75.9 Å². The molecule has 0 radical (unpaired) electrons. The van der Waals surface area contributed by atoms with Crippen LogP contribution in [0.1, 0.15) is 12.5 Å². The second-order valence-electron chi connectivity index (χ2n) is 3.02. The Morgan fingerprint density at radius 1 is 1.62 bits per heavy atom. The average Bonchev–Trinajstić information content (AvgIpc) is 2.52. The quantitative estimate of drug-likeness (QED) is 0.634. The molecule has 70 valence electrons. The smallest absolute Gasteiger partial charge is 0.261 e. The molecule has 2 heterocycles. The maximum atomic E-state index is 5.46. The van der Waals surface area contributed by atoms with Gasteiger partial charge in [0.05, 0.1) is 11.8 Å². The van der Waals surface area contributed by atoms with E-state index in [2.05, 4.69) is 10.3 Å². The van der Waals surface area contributed by atoms with E-state index in [9.17, 15) is 0 Å². The van der Waals surface area contributed by atoms with Gasteiger partial charge in [-0.2, -0.15) is 5.10 Å². The van der Waals surface area contributed by atoms with Gasteiger partial charge in [0.25, 0.3) is 5.90 Å². The molecule has 1 atom stereocenters. The maximum absolute atomic E-state index is 5.46. The minimum atomic E-state index is 0.0488. The first-order valence-corrected chi connectivity index (χ1v) is 4.11. The summed E-state index contributed by atoms with van der Waals surface area (Å²) in [6.45, 7) is 2.44. The molecule has 2 rings (SSSR count). The van der Waals surface area contributed by atoms with Crippen LogP contribution in [0.5, 0.6) is 0 Å². The van der Waals surface area contributed by atoms with Gasteiger partial charge in [-0.3, -0.25) is 4.68 Å². The molecule has 0 bridgehead atoms. The normalized spacial score (nSPS) is 21.7.